The van der Waals surface area contributed by atoms with Crippen LogP contribution in [0, 0.1) is 0 Å². The van der Waals surface area contributed by atoms with E-state index >= 15 is 0 Å². The second-order valence-corrected chi connectivity index (χ2v) is 19.8. The average molecular weight is 625 g/mol. The molecule has 0 aliphatic heterocycles. The number of carbonyl (C=O) groups excluding carboxylic acids is 4. The summed E-state index contributed by atoms with van der Waals surface area (Å²) < 4.78 is 11.7. The summed E-state index contributed by atoms with van der Waals surface area (Å²) in [6.07, 6.45) is -0.110. The Morgan fingerprint density at radius 1 is 0.951 bits per heavy atom. The smallest absolute Gasteiger partial charge is 0.338 e. The Morgan fingerprint density at radius 3 is 2.02 bits per heavy atom. The molecule has 0 fully saturated rings. The van der Waals surface area contributed by atoms with Gasteiger partial charge in [-0.2, -0.15) is 0 Å². The summed E-state index contributed by atoms with van der Waals surface area (Å²) in [4.78, 5) is 63.4. The monoisotopic (exact) mass is 624 g/mol. The molecule has 0 bridgehead atoms. The first-order chi connectivity index (χ1) is 18.8. The number of ether oxygens (including phenoxy) is 1. The van der Waals surface area contributed by atoms with Gasteiger partial charge >= 0.3 is 17.9 Å². The number of nitrogens with one attached hydrogen (secondary N) is 4. The predicted octanol–water partition coefficient (Wildman–Crippen LogP) is -3.76. The number of hydrogen-bond acceptors (Lipinski definition) is 9. The molecule has 0 saturated carbocycles. The lowest BCUT2D eigenvalue weighted by molar-refractivity contribution is -0.459. The number of nitrogens with two attached hydrogens (primary N) is 3. The first kappa shape index (κ1) is 40.1. The minimum absolute atomic E-state index is 0.0162. The zero-order valence-electron chi connectivity index (χ0n) is 25.2. The standard InChI is InChI=1S/C22H45N7O8Si2.CH4O/c1-14(23)19(33)29-16(12-18(31)32)20(34)27-13-17(30)28-15(8-7-9-26-22(24)25)21(35)36-10-11-39(5,6)37-38(2,3)4;1-2/h14-16H,7-13,23H2,1-6H3,(H,27,34)(H,28,30)(H,29,33)(H,31,32)(H4,24,25,26);2H,1H3/p+1. The van der Waals surface area contributed by atoms with Crippen LogP contribution in [0.15, 0.2) is 0 Å². The number of aliphatic hydroxyl groups is 1. The largest absolute Gasteiger partial charge is 0.481 e. The fourth-order valence-electron chi connectivity index (χ4n) is 3.39. The van der Waals surface area contributed by atoms with Gasteiger partial charge < -0.3 is 40.7 Å². The van der Waals surface area contributed by atoms with Gasteiger partial charge in [0.05, 0.1) is 32.2 Å². The molecule has 0 spiro atoms. The summed E-state index contributed by atoms with van der Waals surface area (Å²) in [5.74, 6) is -4.31. The summed E-state index contributed by atoms with van der Waals surface area (Å²) in [5, 5.41) is 23.1. The topological polar surface area (TPSA) is 272 Å². The van der Waals surface area contributed by atoms with Gasteiger partial charge in [0.2, 0.25) is 17.7 Å². The molecule has 0 aliphatic rings. The number of rotatable bonds is 18. The van der Waals surface area contributed by atoms with Crippen molar-refractivity contribution in [3.63, 3.8) is 0 Å². The van der Waals surface area contributed by atoms with E-state index in [1.807, 2.05) is 0 Å². The van der Waals surface area contributed by atoms with Crippen molar-refractivity contribution in [3.8, 4) is 0 Å². The van der Waals surface area contributed by atoms with Crippen LogP contribution in [0.5, 0.6) is 0 Å². The first-order valence-electron chi connectivity index (χ1n) is 13.1. The van der Waals surface area contributed by atoms with Crippen molar-refractivity contribution in [1.29, 1.82) is 0 Å². The molecule has 18 heteroatoms. The summed E-state index contributed by atoms with van der Waals surface area (Å²) in [6.45, 7) is 11.6. The quantitative estimate of drug-likeness (QED) is 0.0234. The third kappa shape index (κ3) is 21.4. The van der Waals surface area contributed by atoms with Crippen molar-refractivity contribution in [2.75, 3.05) is 26.8 Å². The van der Waals surface area contributed by atoms with Crippen molar-refractivity contribution < 1.29 is 48.0 Å². The van der Waals surface area contributed by atoms with Crippen LogP contribution in [0.2, 0.25) is 38.8 Å². The maximum Gasteiger partial charge on any atom is 0.338 e. The number of aliphatic hydroxyl groups excluding tert-OH is 1. The predicted molar refractivity (Wildman–Crippen MR) is 157 cm³/mol. The second-order valence-electron chi connectivity index (χ2n) is 10.7. The lowest BCUT2D eigenvalue weighted by atomic mass is 10.1. The molecule has 0 aromatic carbocycles. The van der Waals surface area contributed by atoms with Crippen LogP contribution in [0.1, 0.15) is 26.2 Å². The lowest BCUT2D eigenvalue weighted by Gasteiger charge is -2.31. The van der Waals surface area contributed by atoms with Gasteiger partial charge in [0.15, 0.2) is 16.6 Å². The van der Waals surface area contributed by atoms with Crippen LogP contribution in [0.4, 0.5) is 0 Å². The fraction of sp³-hybridized carbons (Fsp3) is 0.739. The van der Waals surface area contributed by atoms with Gasteiger partial charge in [-0.1, -0.05) is 0 Å². The third-order valence-electron chi connectivity index (χ3n) is 5.00. The van der Waals surface area contributed by atoms with E-state index in [4.69, 9.17) is 36.3 Å². The molecule has 16 nitrogen and oxygen atoms in total. The molecule has 3 atom stereocenters. The van der Waals surface area contributed by atoms with Crippen molar-refractivity contribution >= 4 is 52.3 Å². The Bertz CT molecular complexity index is 893. The number of aliphatic carboxylic acids is 1. The maximum absolute atomic E-state index is 12.8. The van der Waals surface area contributed by atoms with E-state index in [0.29, 0.717) is 19.0 Å². The molecule has 0 aromatic rings. The van der Waals surface area contributed by atoms with E-state index in [9.17, 15) is 24.0 Å². The highest BCUT2D eigenvalue weighted by Crippen LogP contribution is 2.18. The Hall–Kier alpha value is -3.07. The Morgan fingerprint density at radius 2 is 1.54 bits per heavy atom. The van der Waals surface area contributed by atoms with Gasteiger partial charge in [0, 0.05) is 7.11 Å². The molecular formula is C23H50N7O9Si2+. The van der Waals surface area contributed by atoms with E-state index in [-0.39, 0.29) is 19.0 Å². The number of guanidine groups is 1. The van der Waals surface area contributed by atoms with Crippen LogP contribution in [0.25, 0.3) is 0 Å². The zero-order chi connectivity index (χ0) is 32.4. The van der Waals surface area contributed by atoms with Crippen LogP contribution in [0.3, 0.4) is 0 Å². The van der Waals surface area contributed by atoms with Gasteiger partial charge in [-0.05, 0) is 58.5 Å². The molecular weight excluding hydrogens is 574 g/mol. The van der Waals surface area contributed by atoms with E-state index in [2.05, 4.69) is 53.7 Å². The second kappa shape index (κ2) is 19.9. The maximum atomic E-state index is 12.8. The van der Waals surface area contributed by atoms with Gasteiger partial charge in [-0.25, -0.2) is 4.79 Å². The molecule has 0 aliphatic carbocycles. The highest BCUT2D eigenvalue weighted by atomic mass is 28.4. The fourth-order valence-corrected chi connectivity index (χ4v) is 11.0. The molecule has 0 aromatic heterocycles. The Labute approximate surface area is 243 Å². The molecule has 12 N–H and O–H groups in total. The number of esters is 1. The van der Waals surface area contributed by atoms with E-state index in [1.54, 1.807) is 0 Å². The molecule has 0 heterocycles. The summed E-state index contributed by atoms with van der Waals surface area (Å²) in [5.41, 5.74) is 16.2. The third-order valence-corrected chi connectivity index (χ3v) is 11.1. The van der Waals surface area contributed by atoms with Gasteiger partial charge in [-0.15, -0.1) is 0 Å². The van der Waals surface area contributed by atoms with Crippen LogP contribution in [-0.2, 0) is 32.8 Å². The van der Waals surface area contributed by atoms with Crippen LogP contribution >= 0.6 is 0 Å². The molecule has 41 heavy (non-hydrogen) atoms. The van der Waals surface area contributed by atoms with E-state index < -0.39 is 77.4 Å². The number of carboxylic acids is 1. The van der Waals surface area contributed by atoms with Crippen molar-refractivity contribution in [2.24, 2.45) is 17.2 Å². The minimum atomic E-state index is -2.05. The zero-order valence-corrected chi connectivity index (χ0v) is 27.2. The Kier molecular flexibility index (Phi) is 19.5. The average Bonchev–Trinajstić information content (AvgIpc) is 2.82. The molecule has 238 valence electrons. The molecule has 3 unspecified atom stereocenters. The SMILES string of the molecule is CC(N)C(=O)NC(CC(=O)O)C(=O)NCC(=O)NC(CCC[NH+]=C(N)N)C(=O)OCC[Si](C)(C)O[Si](C)(C)C.CO. The van der Waals surface area contributed by atoms with Crippen LogP contribution in [-0.4, -0.2) is 107 Å². The highest BCUT2D eigenvalue weighted by Gasteiger charge is 2.31. The highest BCUT2D eigenvalue weighted by molar-refractivity contribution is 6.84. The van der Waals surface area contributed by atoms with Gasteiger partial charge in [-0.3, -0.25) is 35.6 Å². The van der Waals surface area contributed by atoms with Gasteiger partial charge in [0.25, 0.3) is 0 Å². The van der Waals surface area contributed by atoms with E-state index in [0.717, 1.165) is 7.11 Å². The normalized spacial score (nSPS) is 13.3. The number of amides is 3. The minimum Gasteiger partial charge on any atom is -0.481 e. The van der Waals surface area contributed by atoms with Crippen molar-refractivity contribution in [1.82, 2.24) is 16.0 Å². The van der Waals surface area contributed by atoms with Gasteiger partial charge in [0.1, 0.15) is 12.1 Å². The number of carbonyl (C=O) groups is 5. The number of carboxylic acid groups (broad SMARTS) is 1. The first-order valence-corrected chi connectivity index (χ1v) is 19.6. The number of hydrogen-bond donors (Lipinski definition) is 9. The summed E-state index contributed by atoms with van der Waals surface area (Å²) in [6, 6.07) is -2.85. The lowest BCUT2D eigenvalue weighted by Crippen LogP contribution is -2.78. The van der Waals surface area contributed by atoms with E-state index in [1.165, 1.54) is 6.92 Å². The Balaban J connectivity index is 0. The molecule has 0 rings (SSSR count). The summed E-state index contributed by atoms with van der Waals surface area (Å²) >= 11 is 0. The molecule has 0 radical (unpaired) electrons. The van der Waals surface area contributed by atoms with Crippen molar-refractivity contribution in [2.45, 2.75) is 83.1 Å². The van der Waals surface area contributed by atoms with Crippen molar-refractivity contribution in [3.05, 3.63) is 0 Å². The van der Waals surface area contributed by atoms with Crippen LogP contribution < -0.4 is 38.1 Å². The summed E-state index contributed by atoms with van der Waals surface area (Å²) in [7, 11) is -2.81. The molecule has 0 saturated heterocycles. The molecule has 3 amide bonds.